The number of hydrogen-bond acceptors (Lipinski definition) is 3. The first kappa shape index (κ1) is 6.63. The van der Waals surface area contributed by atoms with Crippen LogP contribution in [0.3, 0.4) is 0 Å². The smallest absolute Gasteiger partial charge is 0.173 e. The van der Waals surface area contributed by atoms with E-state index in [2.05, 4.69) is 10.2 Å². The number of hydrogen-bond donors (Lipinski definition) is 1. The van der Waals surface area contributed by atoms with Gasteiger partial charge >= 0.3 is 0 Å². The van der Waals surface area contributed by atoms with E-state index in [1.54, 1.807) is 21.7 Å². The van der Waals surface area contributed by atoms with E-state index in [1.807, 2.05) is 0 Å². The van der Waals surface area contributed by atoms with Crippen molar-refractivity contribution in [3.05, 3.63) is 17.5 Å². The lowest BCUT2D eigenvalue weighted by molar-refractivity contribution is 0.661. The molecular weight excluding hydrogens is 166 g/mol. The van der Waals surface area contributed by atoms with Crippen molar-refractivity contribution in [2.24, 2.45) is 5.73 Å². The second-order valence-corrected chi connectivity index (χ2v) is 2.48. The Morgan fingerprint density at radius 1 is 1.55 bits per heavy atom. The van der Waals surface area contributed by atoms with Gasteiger partial charge < -0.3 is 5.73 Å². The normalized spacial score (nSPS) is 11.1. The molecule has 2 heterocycles. The molecule has 5 nitrogen and oxygen atoms in total. The average Bonchev–Trinajstić information content (AvgIpc) is 2.54. The van der Waals surface area contributed by atoms with Crippen LogP contribution in [-0.2, 0) is 6.67 Å². The summed E-state index contributed by atoms with van der Waals surface area (Å²) in [6.45, 7) is 0.307. The number of nitrogens with zero attached hydrogens (tertiary/aromatic N) is 4. The highest BCUT2D eigenvalue weighted by atomic mass is 35.5. The molecule has 0 radical (unpaired) electrons. The molecule has 0 amide bonds. The molecule has 2 aromatic heterocycles. The molecule has 2 N–H and O–H groups in total. The maximum absolute atomic E-state index is 5.80. The Hall–Kier alpha value is -1.07. The first-order valence-corrected chi connectivity index (χ1v) is 3.45. The van der Waals surface area contributed by atoms with Gasteiger partial charge in [0, 0.05) is 0 Å². The topological polar surface area (TPSA) is 61.1 Å². The lowest BCUT2D eigenvalue weighted by Crippen LogP contribution is -2.08. The van der Waals surface area contributed by atoms with Crippen molar-refractivity contribution < 1.29 is 0 Å². The average molecular weight is 172 g/mol. The highest BCUT2D eigenvalue weighted by Crippen LogP contribution is 2.14. The molecule has 0 fully saturated rings. The van der Waals surface area contributed by atoms with Crippen molar-refractivity contribution in [1.82, 2.24) is 19.4 Å². The fourth-order valence-corrected chi connectivity index (χ4v) is 1.19. The summed E-state index contributed by atoms with van der Waals surface area (Å²) in [5, 5.41) is 8.44. The van der Waals surface area contributed by atoms with Gasteiger partial charge in [-0.2, -0.15) is 10.2 Å². The van der Waals surface area contributed by atoms with E-state index in [-0.39, 0.29) is 0 Å². The maximum Gasteiger partial charge on any atom is 0.173 e. The van der Waals surface area contributed by atoms with Gasteiger partial charge in [0.2, 0.25) is 0 Å². The van der Waals surface area contributed by atoms with Crippen molar-refractivity contribution in [2.75, 3.05) is 0 Å². The predicted octanol–water partition coefficient (Wildman–Crippen LogP) is 0.100. The zero-order valence-electron chi connectivity index (χ0n) is 5.61. The van der Waals surface area contributed by atoms with E-state index >= 15 is 0 Å². The summed E-state index contributed by atoms with van der Waals surface area (Å²) < 4.78 is 3.16. The number of halogens is 1. The number of fused-ring (bicyclic) bond motifs is 1. The Labute approximate surface area is 67.4 Å². The Morgan fingerprint density at radius 2 is 2.36 bits per heavy atom. The van der Waals surface area contributed by atoms with E-state index in [0.717, 1.165) is 5.65 Å². The molecule has 0 bridgehead atoms. The van der Waals surface area contributed by atoms with Crippen LogP contribution in [-0.4, -0.2) is 19.4 Å². The molecule has 11 heavy (non-hydrogen) atoms. The molecule has 0 unspecified atom stereocenters. The fraction of sp³-hybridized carbons (Fsp3) is 0.200. The van der Waals surface area contributed by atoms with Gasteiger partial charge in [-0.1, -0.05) is 11.6 Å². The fourth-order valence-electron chi connectivity index (χ4n) is 0.960. The van der Waals surface area contributed by atoms with Gasteiger partial charge in [-0.15, -0.1) is 0 Å². The second kappa shape index (κ2) is 2.21. The third-order valence-electron chi connectivity index (χ3n) is 1.44. The van der Waals surface area contributed by atoms with Crippen LogP contribution < -0.4 is 5.73 Å². The molecule has 0 spiro atoms. The SMILES string of the molecule is NCn1ncn2ncc(Cl)c12. The quantitative estimate of drug-likeness (QED) is 0.662. The number of aromatic nitrogens is 4. The summed E-state index contributed by atoms with van der Waals surface area (Å²) in [6.07, 6.45) is 3.12. The summed E-state index contributed by atoms with van der Waals surface area (Å²) in [5.74, 6) is 0. The van der Waals surface area contributed by atoms with Crippen LogP contribution in [0.2, 0.25) is 5.02 Å². The lowest BCUT2D eigenvalue weighted by Gasteiger charge is -1.92. The largest absolute Gasteiger partial charge is 0.312 e. The van der Waals surface area contributed by atoms with E-state index in [0.29, 0.717) is 11.7 Å². The molecule has 0 saturated carbocycles. The van der Waals surface area contributed by atoms with Gasteiger partial charge in [-0.25, -0.2) is 9.20 Å². The van der Waals surface area contributed by atoms with E-state index in [1.165, 1.54) is 0 Å². The summed E-state index contributed by atoms with van der Waals surface area (Å²) in [7, 11) is 0. The molecule has 0 aliphatic carbocycles. The predicted molar refractivity (Wildman–Crippen MR) is 40.2 cm³/mol. The van der Waals surface area contributed by atoms with Crippen molar-refractivity contribution >= 4 is 17.2 Å². The molecule has 58 valence electrons. The molecule has 0 aliphatic heterocycles. The van der Waals surface area contributed by atoms with Crippen molar-refractivity contribution in [3.63, 3.8) is 0 Å². The minimum atomic E-state index is 0.307. The van der Waals surface area contributed by atoms with E-state index in [9.17, 15) is 0 Å². The molecule has 2 rings (SSSR count). The Balaban J connectivity index is 2.80. The maximum atomic E-state index is 5.80. The standard InChI is InChI=1S/C5H6ClN5/c6-4-1-8-11-3-9-10(2-7)5(4)11/h1,3H,2,7H2. The Bertz CT molecular complexity index is 375. The first-order chi connectivity index (χ1) is 5.33. The molecular formula is C5H6ClN5. The molecule has 0 aromatic carbocycles. The highest BCUT2D eigenvalue weighted by Gasteiger charge is 2.05. The minimum Gasteiger partial charge on any atom is -0.312 e. The van der Waals surface area contributed by atoms with Crippen LogP contribution in [0.4, 0.5) is 0 Å². The van der Waals surface area contributed by atoms with Crippen molar-refractivity contribution in [1.29, 1.82) is 0 Å². The van der Waals surface area contributed by atoms with Gasteiger partial charge in [-0.3, -0.25) is 0 Å². The summed E-state index contributed by atoms with van der Waals surface area (Å²) in [5.41, 5.74) is 6.12. The van der Waals surface area contributed by atoms with Gasteiger partial charge in [0.15, 0.2) is 5.65 Å². The molecule has 0 atom stereocenters. The van der Waals surface area contributed by atoms with Crippen LogP contribution in [0.15, 0.2) is 12.5 Å². The molecule has 0 aliphatic rings. The lowest BCUT2D eigenvalue weighted by atomic mass is 10.7. The van der Waals surface area contributed by atoms with E-state index < -0.39 is 0 Å². The molecule has 0 saturated heterocycles. The van der Waals surface area contributed by atoms with Crippen molar-refractivity contribution in [3.8, 4) is 0 Å². The van der Waals surface area contributed by atoms with Crippen LogP contribution in [0, 0.1) is 0 Å². The third kappa shape index (κ3) is 0.816. The molecule has 6 heteroatoms. The minimum absolute atomic E-state index is 0.307. The van der Waals surface area contributed by atoms with Crippen LogP contribution in [0.1, 0.15) is 0 Å². The monoisotopic (exact) mass is 171 g/mol. The highest BCUT2D eigenvalue weighted by molar-refractivity contribution is 6.33. The number of nitrogens with two attached hydrogens (primary N) is 1. The molecule has 2 aromatic rings. The van der Waals surface area contributed by atoms with E-state index in [4.69, 9.17) is 17.3 Å². The Morgan fingerprint density at radius 3 is 3.09 bits per heavy atom. The van der Waals surface area contributed by atoms with Gasteiger partial charge in [-0.05, 0) is 0 Å². The first-order valence-electron chi connectivity index (χ1n) is 3.07. The zero-order valence-corrected chi connectivity index (χ0v) is 6.36. The Kier molecular flexibility index (Phi) is 1.33. The summed E-state index contributed by atoms with van der Waals surface area (Å²) in [6, 6.07) is 0. The van der Waals surface area contributed by atoms with Crippen molar-refractivity contribution in [2.45, 2.75) is 6.67 Å². The third-order valence-corrected chi connectivity index (χ3v) is 1.71. The van der Waals surface area contributed by atoms with Gasteiger partial charge in [0.1, 0.15) is 11.3 Å². The van der Waals surface area contributed by atoms with Crippen LogP contribution >= 0.6 is 11.6 Å². The van der Waals surface area contributed by atoms with Crippen LogP contribution in [0.25, 0.3) is 5.65 Å². The van der Waals surface area contributed by atoms with Gasteiger partial charge in [0.25, 0.3) is 0 Å². The summed E-state index contributed by atoms with van der Waals surface area (Å²) >= 11 is 5.80. The summed E-state index contributed by atoms with van der Waals surface area (Å²) in [4.78, 5) is 0. The number of rotatable bonds is 1. The zero-order chi connectivity index (χ0) is 7.84. The van der Waals surface area contributed by atoms with Crippen LogP contribution in [0.5, 0.6) is 0 Å². The second-order valence-electron chi connectivity index (χ2n) is 2.07. The van der Waals surface area contributed by atoms with Gasteiger partial charge in [0.05, 0.1) is 12.9 Å².